The number of hydrogen-bond donors (Lipinski definition) is 3. The van der Waals surface area contributed by atoms with E-state index in [1.165, 1.54) is 0 Å². The van der Waals surface area contributed by atoms with E-state index in [2.05, 4.69) is 36.2 Å². The lowest BCUT2D eigenvalue weighted by Crippen LogP contribution is -2.19. The summed E-state index contributed by atoms with van der Waals surface area (Å²) in [5.41, 5.74) is 1.49. The Hall–Kier alpha value is -1.38. The summed E-state index contributed by atoms with van der Waals surface area (Å²) >= 11 is 3.33. The Kier molecular flexibility index (Phi) is 5.02. The fraction of sp³-hybridized carbons (Fsp3) is 0.308. The zero-order valence-corrected chi connectivity index (χ0v) is 14.2. The maximum atomic E-state index is 12.6. The molecular formula is C13H17BrN4O2S. The van der Waals surface area contributed by atoms with Crippen molar-refractivity contribution in [3.05, 3.63) is 40.1 Å². The van der Waals surface area contributed by atoms with Gasteiger partial charge in [-0.1, -0.05) is 19.1 Å². The molecule has 2 rings (SSSR count). The Morgan fingerprint density at radius 3 is 2.71 bits per heavy atom. The number of rotatable bonds is 6. The summed E-state index contributed by atoms with van der Waals surface area (Å²) in [6.07, 6.45) is 0. The number of nitrogens with zero attached hydrogens (tertiary/aromatic N) is 1. The number of hydrogen-bond acceptors (Lipinski definition) is 4. The maximum Gasteiger partial charge on any atom is 0.265 e. The smallest absolute Gasteiger partial charge is 0.265 e. The second-order valence-electron chi connectivity index (χ2n) is 4.49. The van der Waals surface area contributed by atoms with Crippen molar-refractivity contribution in [2.45, 2.75) is 25.3 Å². The molecule has 0 fully saturated rings. The van der Waals surface area contributed by atoms with Gasteiger partial charge in [0.15, 0.2) is 0 Å². The van der Waals surface area contributed by atoms with E-state index in [-0.39, 0.29) is 4.90 Å². The summed E-state index contributed by atoms with van der Waals surface area (Å²) < 4.78 is 28.5. The van der Waals surface area contributed by atoms with E-state index in [9.17, 15) is 8.42 Å². The number of halogens is 1. The van der Waals surface area contributed by atoms with Crippen LogP contribution in [0.1, 0.15) is 18.3 Å². The van der Waals surface area contributed by atoms with Gasteiger partial charge in [0.1, 0.15) is 4.90 Å². The lowest BCUT2D eigenvalue weighted by molar-refractivity contribution is 0.597. The van der Waals surface area contributed by atoms with Gasteiger partial charge in [-0.05, 0) is 41.5 Å². The molecule has 0 unspecified atom stereocenters. The zero-order valence-electron chi connectivity index (χ0n) is 11.8. The minimum absolute atomic E-state index is 0.194. The number of benzene rings is 1. The third-order valence-electron chi connectivity index (χ3n) is 2.89. The quantitative estimate of drug-likeness (QED) is 0.726. The number of aromatic amines is 1. The minimum Gasteiger partial charge on any atom is -0.311 e. The molecule has 0 saturated carbocycles. The van der Waals surface area contributed by atoms with Crippen molar-refractivity contribution >= 4 is 31.6 Å². The van der Waals surface area contributed by atoms with Crippen molar-refractivity contribution in [3.63, 3.8) is 0 Å². The van der Waals surface area contributed by atoms with E-state index >= 15 is 0 Å². The summed E-state index contributed by atoms with van der Waals surface area (Å²) in [5.74, 6) is 0. The van der Waals surface area contributed by atoms with E-state index in [1.54, 1.807) is 25.1 Å². The van der Waals surface area contributed by atoms with Crippen LogP contribution in [0, 0.1) is 6.92 Å². The number of aryl methyl sites for hydroxylation is 1. The first-order chi connectivity index (χ1) is 9.95. The molecule has 1 heterocycles. The predicted molar refractivity (Wildman–Crippen MR) is 85.7 cm³/mol. The average molecular weight is 373 g/mol. The van der Waals surface area contributed by atoms with Crippen LogP contribution in [0.2, 0.25) is 0 Å². The molecule has 1 aromatic carbocycles. The largest absolute Gasteiger partial charge is 0.311 e. The van der Waals surface area contributed by atoms with Crippen LogP contribution in [-0.4, -0.2) is 25.2 Å². The molecule has 21 heavy (non-hydrogen) atoms. The molecule has 6 nitrogen and oxygen atoms in total. The van der Waals surface area contributed by atoms with Gasteiger partial charge in [-0.25, -0.2) is 8.42 Å². The van der Waals surface area contributed by atoms with Crippen LogP contribution in [0.15, 0.2) is 33.6 Å². The fourth-order valence-corrected chi connectivity index (χ4v) is 3.89. The summed E-state index contributed by atoms with van der Waals surface area (Å²) in [6.45, 7) is 4.78. The first-order valence-electron chi connectivity index (χ1n) is 6.47. The zero-order chi connectivity index (χ0) is 15.5. The number of anilines is 1. The van der Waals surface area contributed by atoms with E-state index < -0.39 is 10.0 Å². The Balaban J connectivity index is 2.36. The number of sulfonamides is 1. The molecule has 3 N–H and O–H groups in total. The summed E-state index contributed by atoms with van der Waals surface area (Å²) in [7, 11) is -3.70. The highest BCUT2D eigenvalue weighted by atomic mass is 79.9. The molecule has 8 heteroatoms. The van der Waals surface area contributed by atoms with Crippen molar-refractivity contribution in [3.8, 4) is 0 Å². The highest BCUT2D eigenvalue weighted by molar-refractivity contribution is 9.10. The van der Waals surface area contributed by atoms with Gasteiger partial charge in [-0.3, -0.25) is 9.82 Å². The Morgan fingerprint density at radius 1 is 1.33 bits per heavy atom. The molecule has 0 aliphatic rings. The van der Waals surface area contributed by atoms with E-state index in [4.69, 9.17) is 0 Å². The van der Waals surface area contributed by atoms with Crippen LogP contribution in [0.3, 0.4) is 0 Å². The number of nitrogens with one attached hydrogen (secondary N) is 3. The number of H-pyrrole nitrogens is 1. The standard InChI is InChI=1S/C13H17BrN4O2S/c1-3-15-8-12-13(9(2)16-17-12)21(19,20)18-11-7-5-4-6-10(11)14/h4-7,15,18H,3,8H2,1-2H3,(H,16,17). The minimum atomic E-state index is -3.70. The van der Waals surface area contributed by atoms with Crippen molar-refractivity contribution in [1.29, 1.82) is 0 Å². The molecule has 0 bridgehead atoms. The van der Waals surface area contributed by atoms with Crippen LogP contribution >= 0.6 is 15.9 Å². The Labute approximate surface area is 132 Å². The second kappa shape index (κ2) is 6.59. The van der Waals surface area contributed by atoms with Gasteiger partial charge in [-0.15, -0.1) is 0 Å². The highest BCUT2D eigenvalue weighted by Gasteiger charge is 2.24. The molecule has 114 valence electrons. The molecule has 0 radical (unpaired) electrons. The van der Waals surface area contributed by atoms with Gasteiger partial charge in [0.25, 0.3) is 10.0 Å². The van der Waals surface area contributed by atoms with Crippen molar-refractivity contribution < 1.29 is 8.42 Å². The first-order valence-corrected chi connectivity index (χ1v) is 8.75. The van der Waals surface area contributed by atoms with Crippen molar-refractivity contribution in [2.75, 3.05) is 11.3 Å². The van der Waals surface area contributed by atoms with E-state index in [1.807, 2.05) is 13.0 Å². The monoisotopic (exact) mass is 372 g/mol. The molecular weight excluding hydrogens is 356 g/mol. The van der Waals surface area contributed by atoms with Crippen LogP contribution in [0.4, 0.5) is 5.69 Å². The number of aromatic nitrogens is 2. The Bertz CT molecular complexity index is 728. The van der Waals surface area contributed by atoms with Crippen LogP contribution in [-0.2, 0) is 16.6 Å². The van der Waals surface area contributed by atoms with Crippen LogP contribution < -0.4 is 10.0 Å². The Morgan fingerprint density at radius 2 is 2.05 bits per heavy atom. The molecule has 0 aliphatic heterocycles. The average Bonchev–Trinajstić information content (AvgIpc) is 2.81. The molecule has 2 aromatic rings. The third kappa shape index (κ3) is 3.63. The fourth-order valence-electron chi connectivity index (χ4n) is 1.93. The SMILES string of the molecule is CCNCc1n[nH]c(C)c1S(=O)(=O)Nc1ccccc1Br. The molecule has 0 atom stereocenters. The molecule has 0 spiro atoms. The second-order valence-corrected chi connectivity index (χ2v) is 6.96. The molecule has 0 aliphatic carbocycles. The highest BCUT2D eigenvalue weighted by Crippen LogP contribution is 2.26. The third-order valence-corrected chi connectivity index (χ3v) is 5.15. The predicted octanol–water partition coefficient (Wildman–Crippen LogP) is 2.39. The van der Waals surface area contributed by atoms with Gasteiger partial charge < -0.3 is 5.32 Å². The van der Waals surface area contributed by atoms with Crippen LogP contribution in [0.25, 0.3) is 0 Å². The van der Waals surface area contributed by atoms with Gasteiger partial charge in [0, 0.05) is 11.0 Å². The summed E-state index contributed by atoms with van der Waals surface area (Å²) in [6, 6.07) is 7.06. The molecule has 0 saturated heterocycles. The van der Waals surface area contributed by atoms with E-state index in [0.29, 0.717) is 28.1 Å². The van der Waals surface area contributed by atoms with Crippen molar-refractivity contribution in [1.82, 2.24) is 15.5 Å². The normalized spacial score (nSPS) is 11.6. The summed E-state index contributed by atoms with van der Waals surface area (Å²) in [4.78, 5) is 0.194. The van der Waals surface area contributed by atoms with Gasteiger partial charge in [-0.2, -0.15) is 5.10 Å². The van der Waals surface area contributed by atoms with Crippen molar-refractivity contribution in [2.24, 2.45) is 0 Å². The molecule has 1 aromatic heterocycles. The van der Waals surface area contributed by atoms with Gasteiger partial charge >= 0.3 is 0 Å². The van der Waals surface area contributed by atoms with Gasteiger partial charge in [0.05, 0.1) is 17.1 Å². The van der Waals surface area contributed by atoms with E-state index in [0.717, 1.165) is 6.54 Å². The molecule has 0 amide bonds. The lowest BCUT2D eigenvalue weighted by atomic mass is 10.3. The summed E-state index contributed by atoms with van der Waals surface area (Å²) in [5, 5.41) is 9.88. The topological polar surface area (TPSA) is 86.9 Å². The maximum absolute atomic E-state index is 12.6. The van der Waals surface area contributed by atoms with Gasteiger partial charge in [0.2, 0.25) is 0 Å². The lowest BCUT2D eigenvalue weighted by Gasteiger charge is -2.10. The first kappa shape index (κ1) is 16.0. The number of para-hydroxylation sites is 1. The van der Waals surface area contributed by atoms with Crippen LogP contribution in [0.5, 0.6) is 0 Å².